The zero-order chi connectivity index (χ0) is 16.4. The fourth-order valence-corrected chi connectivity index (χ4v) is 2.40. The summed E-state index contributed by atoms with van der Waals surface area (Å²) in [5, 5.41) is 4.21. The van der Waals surface area contributed by atoms with Crippen LogP contribution in [-0.2, 0) is 13.2 Å². The van der Waals surface area contributed by atoms with Gasteiger partial charge >= 0.3 is 6.18 Å². The van der Waals surface area contributed by atoms with Crippen LogP contribution in [0.4, 0.5) is 13.2 Å². The third kappa shape index (κ3) is 3.64. The molecule has 5 nitrogen and oxygen atoms in total. The van der Waals surface area contributed by atoms with Gasteiger partial charge in [-0.2, -0.15) is 18.3 Å². The fourth-order valence-electron chi connectivity index (χ4n) is 2.40. The summed E-state index contributed by atoms with van der Waals surface area (Å²) in [7, 11) is 0. The number of hydrogen-bond acceptors (Lipinski definition) is 3. The van der Waals surface area contributed by atoms with E-state index < -0.39 is 18.6 Å². The summed E-state index contributed by atoms with van der Waals surface area (Å²) in [6, 6.07) is 10.6. The van der Waals surface area contributed by atoms with Gasteiger partial charge in [0.1, 0.15) is 30.3 Å². The van der Waals surface area contributed by atoms with Gasteiger partial charge in [0.15, 0.2) is 0 Å². The molecular formula is C15H14F3N3O2. The predicted molar refractivity (Wildman–Crippen MR) is 75.0 cm³/mol. The zero-order valence-electron chi connectivity index (χ0n) is 12.1. The highest BCUT2D eigenvalue weighted by atomic mass is 19.4. The lowest BCUT2D eigenvalue weighted by molar-refractivity contribution is -0.141. The van der Waals surface area contributed by atoms with Gasteiger partial charge in [-0.25, -0.2) is 0 Å². The Morgan fingerprint density at radius 1 is 1.17 bits per heavy atom. The van der Waals surface area contributed by atoms with E-state index in [2.05, 4.69) is 5.10 Å². The van der Waals surface area contributed by atoms with Gasteiger partial charge in [-0.1, -0.05) is 18.2 Å². The molecule has 0 saturated carbocycles. The number of carbonyl (C=O) groups is 1. The van der Waals surface area contributed by atoms with Crippen molar-refractivity contribution in [2.45, 2.75) is 19.3 Å². The van der Waals surface area contributed by atoms with Crippen LogP contribution in [0.25, 0.3) is 0 Å². The number of hydrogen-bond donors (Lipinski definition) is 0. The van der Waals surface area contributed by atoms with Crippen LogP contribution < -0.4 is 4.74 Å². The summed E-state index contributed by atoms with van der Waals surface area (Å²) in [5.41, 5.74) is 0.665. The molecule has 23 heavy (non-hydrogen) atoms. The number of benzene rings is 1. The van der Waals surface area contributed by atoms with Gasteiger partial charge in [-0.15, -0.1) is 0 Å². The normalized spacial score (nSPS) is 14.7. The second kappa shape index (κ2) is 5.94. The van der Waals surface area contributed by atoms with Crippen molar-refractivity contribution in [3.63, 3.8) is 0 Å². The molecule has 1 aromatic heterocycles. The Kier molecular flexibility index (Phi) is 3.97. The molecular weight excluding hydrogens is 311 g/mol. The molecule has 0 N–H and O–H groups in total. The number of fused-ring (bicyclic) bond motifs is 1. The van der Waals surface area contributed by atoms with Crippen LogP contribution in [0.15, 0.2) is 36.4 Å². The van der Waals surface area contributed by atoms with E-state index in [0.717, 1.165) is 4.90 Å². The van der Waals surface area contributed by atoms with Crippen LogP contribution in [0.3, 0.4) is 0 Å². The Balaban J connectivity index is 1.69. The molecule has 8 heteroatoms. The third-order valence-corrected chi connectivity index (χ3v) is 3.42. The molecule has 0 bridgehead atoms. The predicted octanol–water partition coefficient (Wildman–Crippen LogP) is 2.48. The highest BCUT2D eigenvalue weighted by Crippen LogP contribution is 2.21. The standard InChI is InChI=1S/C15H14F3N3O2/c16-15(17,18)10-20-6-7-21-13(14(20)22)8-11(19-21)9-23-12-4-2-1-3-5-12/h1-5,8H,6-7,9-10H2. The van der Waals surface area contributed by atoms with E-state index in [1.165, 1.54) is 10.7 Å². The molecule has 0 spiro atoms. The molecule has 2 heterocycles. The van der Waals surface area contributed by atoms with Gasteiger partial charge in [0.2, 0.25) is 0 Å². The van der Waals surface area contributed by atoms with Crippen molar-refractivity contribution in [2.75, 3.05) is 13.1 Å². The number of nitrogens with zero attached hydrogens (tertiary/aromatic N) is 3. The third-order valence-electron chi connectivity index (χ3n) is 3.42. The monoisotopic (exact) mass is 325 g/mol. The lowest BCUT2D eigenvalue weighted by Crippen LogP contribution is -2.45. The van der Waals surface area contributed by atoms with Crippen LogP contribution in [-0.4, -0.2) is 39.9 Å². The highest BCUT2D eigenvalue weighted by Gasteiger charge is 2.36. The number of ether oxygens (including phenoxy) is 1. The summed E-state index contributed by atoms with van der Waals surface area (Å²) in [6.07, 6.45) is -4.41. The summed E-state index contributed by atoms with van der Waals surface area (Å²) in [5.74, 6) is -0.00414. The zero-order valence-corrected chi connectivity index (χ0v) is 12.1. The van der Waals surface area contributed by atoms with Gasteiger partial charge < -0.3 is 9.64 Å². The highest BCUT2D eigenvalue weighted by molar-refractivity contribution is 5.93. The lowest BCUT2D eigenvalue weighted by Gasteiger charge is -2.28. The molecule has 0 fully saturated rings. The molecule has 1 aromatic carbocycles. The van der Waals surface area contributed by atoms with Gasteiger partial charge in [-0.3, -0.25) is 9.48 Å². The van der Waals surface area contributed by atoms with Crippen molar-refractivity contribution in [3.05, 3.63) is 47.8 Å². The van der Waals surface area contributed by atoms with E-state index in [0.29, 0.717) is 11.4 Å². The van der Waals surface area contributed by atoms with E-state index in [4.69, 9.17) is 4.74 Å². The SMILES string of the molecule is O=C1c2cc(COc3ccccc3)nn2CCN1CC(F)(F)F. The average molecular weight is 325 g/mol. The second-order valence-electron chi connectivity index (χ2n) is 5.19. The molecule has 0 saturated heterocycles. The van der Waals surface area contributed by atoms with E-state index >= 15 is 0 Å². The van der Waals surface area contributed by atoms with Gasteiger partial charge in [-0.05, 0) is 18.2 Å². The van der Waals surface area contributed by atoms with Crippen molar-refractivity contribution in [3.8, 4) is 5.75 Å². The lowest BCUT2D eigenvalue weighted by atomic mass is 10.2. The Bertz CT molecular complexity index is 698. The van der Waals surface area contributed by atoms with Crippen LogP contribution in [0.1, 0.15) is 16.2 Å². The van der Waals surface area contributed by atoms with E-state index in [1.54, 1.807) is 12.1 Å². The minimum Gasteiger partial charge on any atom is -0.487 e. The maximum absolute atomic E-state index is 12.5. The first-order valence-electron chi connectivity index (χ1n) is 7.03. The molecule has 122 valence electrons. The molecule has 1 aliphatic heterocycles. The fraction of sp³-hybridized carbons (Fsp3) is 0.333. The van der Waals surface area contributed by atoms with Crippen molar-refractivity contribution in [1.29, 1.82) is 0 Å². The Morgan fingerprint density at radius 2 is 1.91 bits per heavy atom. The second-order valence-corrected chi connectivity index (χ2v) is 5.19. The maximum Gasteiger partial charge on any atom is 0.406 e. The molecule has 1 aliphatic rings. The minimum absolute atomic E-state index is 0.00793. The molecule has 3 rings (SSSR count). The molecule has 2 aromatic rings. The summed E-state index contributed by atoms with van der Waals surface area (Å²) >= 11 is 0. The number of alkyl halides is 3. The van der Waals surface area contributed by atoms with E-state index in [1.807, 2.05) is 18.2 Å². The molecule has 0 aliphatic carbocycles. The maximum atomic E-state index is 12.5. The largest absolute Gasteiger partial charge is 0.487 e. The molecule has 0 atom stereocenters. The van der Waals surface area contributed by atoms with Crippen molar-refractivity contribution in [1.82, 2.24) is 14.7 Å². The van der Waals surface area contributed by atoms with Crippen LogP contribution in [0, 0.1) is 0 Å². The molecule has 0 radical (unpaired) electrons. The van der Waals surface area contributed by atoms with Gasteiger partial charge in [0.05, 0.1) is 6.54 Å². The summed E-state index contributed by atoms with van der Waals surface area (Å²) in [6.45, 7) is -0.863. The van der Waals surface area contributed by atoms with Crippen molar-refractivity contribution in [2.24, 2.45) is 0 Å². The Hall–Kier alpha value is -2.51. The number of carbonyl (C=O) groups excluding carboxylic acids is 1. The van der Waals surface area contributed by atoms with E-state index in [9.17, 15) is 18.0 Å². The summed E-state index contributed by atoms with van der Waals surface area (Å²) in [4.78, 5) is 12.9. The van der Waals surface area contributed by atoms with Crippen LogP contribution in [0.2, 0.25) is 0 Å². The first-order valence-corrected chi connectivity index (χ1v) is 7.03. The molecule has 1 amide bonds. The number of para-hydroxylation sites is 1. The molecule has 0 unspecified atom stereocenters. The first kappa shape index (κ1) is 15.4. The smallest absolute Gasteiger partial charge is 0.406 e. The first-order chi connectivity index (χ1) is 10.9. The topological polar surface area (TPSA) is 47.4 Å². The quantitative estimate of drug-likeness (QED) is 0.868. The minimum atomic E-state index is -4.41. The van der Waals surface area contributed by atoms with Gasteiger partial charge in [0, 0.05) is 6.54 Å². The van der Waals surface area contributed by atoms with Crippen LogP contribution in [0.5, 0.6) is 5.75 Å². The number of aromatic nitrogens is 2. The Morgan fingerprint density at radius 3 is 2.61 bits per heavy atom. The van der Waals surface area contributed by atoms with Gasteiger partial charge in [0.25, 0.3) is 5.91 Å². The van der Waals surface area contributed by atoms with Crippen molar-refractivity contribution < 1.29 is 22.7 Å². The number of halogens is 3. The summed E-state index contributed by atoms with van der Waals surface area (Å²) < 4.78 is 44.4. The Labute approximate surface area is 130 Å². The average Bonchev–Trinajstić information content (AvgIpc) is 2.92. The van der Waals surface area contributed by atoms with Crippen LogP contribution >= 0.6 is 0 Å². The number of rotatable bonds is 4. The van der Waals surface area contributed by atoms with E-state index in [-0.39, 0.29) is 25.4 Å². The van der Waals surface area contributed by atoms with Crippen molar-refractivity contribution >= 4 is 5.91 Å². The number of amides is 1.